The van der Waals surface area contributed by atoms with Gasteiger partial charge in [-0.3, -0.25) is 0 Å². The first-order valence-electron chi connectivity index (χ1n) is 4.50. The van der Waals surface area contributed by atoms with E-state index in [0.29, 0.717) is 22.8 Å². The lowest BCUT2D eigenvalue weighted by Crippen LogP contribution is -2.28. The van der Waals surface area contributed by atoms with Crippen LogP contribution in [-0.2, 0) is 0 Å². The van der Waals surface area contributed by atoms with Crippen molar-refractivity contribution in [2.75, 3.05) is 25.6 Å². The third kappa shape index (κ3) is 3.32. The number of hydrogen-bond acceptors (Lipinski definition) is 5. The summed E-state index contributed by atoms with van der Waals surface area (Å²) >= 11 is 3.27. The van der Waals surface area contributed by atoms with Crippen molar-refractivity contribution in [3.8, 4) is 5.88 Å². The van der Waals surface area contributed by atoms with Gasteiger partial charge in [0.2, 0.25) is 11.8 Å². The molecule has 0 aliphatic carbocycles. The van der Waals surface area contributed by atoms with Crippen LogP contribution in [0.2, 0.25) is 0 Å². The minimum atomic E-state index is -0.423. The molecule has 0 fully saturated rings. The van der Waals surface area contributed by atoms with Crippen LogP contribution >= 0.6 is 15.9 Å². The molecule has 1 atom stereocenters. The van der Waals surface area contributed by atoms with Gasteiger partial charge in [0.25, 0.3) is 0 Å². The molecule has 6 heteroatoms. The summed E-state index contributed by atoms with van der Waals surface area (Å²) in [6, 6.07) is 0. The Labute approximate surface area is 97.2 Å². The van der Waals surface area contributed by atoms with E-state index in [2.05, 4.69) is 25.9 Å². The Morgan fingerprint density at radius 2 is 2.33 bits per heavy atom. The van der Waals surface area contributed by atoms with Crippen LogP contribution in [0.4, 0.5) is 5.95 Å². The molecule has 1 aromatic heterocycles. The normalized spacial score (nSPS) is 12.3. The van der Waals surface area contributed by atoms with Crippen LogP contribution in [-0.4, -0.2) is 41.9 Å². The van der Waals surface area contributed by atoms with Crippen molar-refractivity contribution >= 4 is 21.9 Å². The number of ether oxygens (including phenoxy) is 1. The monoisotopic (exact) mass is 275 g/mol. The van der Waals surface area contributed by atoms with Gasteiger partial charge in [0.05, 0.1) is 23.9 Å². The Morgan fingerprint density at radius 3 is 2.87 bits per heavy atom. The first-order valence-corrected chi connectivity index (χ1v) is 5.29. The first kappa shape index (κ1) is 12.2. The molecule has 0 saturated carbocycles. The zero-order chi connectivity index (χ0) is 11.4. The molecule has 0 spiro atoms. The lowest BCUT2D eigenvalue weighted by atomic mass is 10.4. The molecule has 0 saturated heterocycles. The smallest absolute Gasteiger partial charge is 0.232 e. The Balaban J connectivity index is 2.85. The van der Waals surface area contributed by atoms with Gasteiger partial charge in [0.15, 0.2) is 0 Å². The van der Waals surface area contributed by atoms with Crippen LogP contribution in [0.5, 0.6) is 5.88 Å². The number of methoxy groups -OCH3 is 1. The van der Waals surface area contributed by atoms with Crippen molar-refractivity contribution in [2.24, 2.45) is 0 Å². The van der Waals surface area contributed by atoms with E-state index in [1.54, 1.807) is 25.1 Å². The second kappa shape index (κ2) is 5.27. The number of likely N-dealkylation sites (N-methyl/N-ethyl adjacent to an activating group) is 1. The lowest BCUT2D eigenvalue weighted by Gasteiger charge is -2.18. The molecule has 1 aromatic rings. The molecule has 15 heavy (non-hydrogen) atoms. The maximum Gasteiger partial charge on any atom is 0.232 e. The molecule has 1 heterocycles. The largest absolute Gasteiger partial charge is 0.480 e. The van der Waals surface area contributed by atoms with E-state index >= 15 is 0 Å². The van der Waals surface area contributed by atoms with Gasteiger partial charge in [-0.15, -0.1) is 0 Å². The molecule has 0 aliphatic heterocycles. The van der Waals surface area contributed by atoms with Gasteiger partial charge in [-0.05, 0) is 22.9 Å². The fraction of sp³-hybridized carbons (Fsp3) is 0.556. The number of hydrogen-bond donors (Lipinski definition) is 1. The molecular formula is C9H14BrN3O2. The van der Waals surface area contributed by atoms with Gasteiger partial charge in [-0.25, -0.2) is 4.98 Å². The maximum absolute atomic E-state index is 9.23. The van der Waals surface area contributed by atoms with E-state index in [4.69, 9.17) is 4.74 Å². The van der Waals surface area contributed by atoms with Crippen LogP contribution < -0.4 is 9.64 Å². The summed E-state index contributed by atoms with van der Waals surface area (Å²) in [5, 5.41) is 9.23. The van der Waals surface area contributed by atoms with Crippen molar-refractivity contribution in [3.63, 3.8) is 0 Å². The number of halogens is 1. The van der Waals surface area contributed by atoms with Gasteiger partial charge in [-0.1, -0.05) is 0 Å². The Bertz CT molecular complexity index is 333. The van der Waals surface area contributed by atoms with E-state index in [1.807, 2.05) is 7.05 Å². The van der Waals surface area contributed by atoms with Crippen LogP contribution in [0, 0.1) is 0 Å². The molecular weight excluding hydrogens is 262 g/mol. The topological polar surface area (TPSA) is 58.5 Å². The summed E-state index contributed by atoms with van der Waals surface area (Å²) in [6.07, 6.45) is 1.20. The zero-order valence-electron chi connectivity index (χ0n) is 8.94. The molecule has 1 unspecified atom stereocenters. The molecule has 1 N–H and O–H groups in total. The maximum atomic E-state index is 9.23. The van der Waals surface area contributed by atoms with E-state index < -0.39 is 6.10 Å². The van der Waals surface area contributed by atoms with Crippen molar-refractivity contribution in [1.29, 1.82) is 0 Å². The van der Waals surface area contributed by atoms with E-state index in [-0.39, 0.29) is 0 Å². The SMILES string of the molecule is COc1nc(N(C)CC(C)O)ncc1Br. The summed E-state index contributed by atoms with van der Waals surface area (Å²) in [6.45, 7) is 2.19. The number of nitrogens with zero attached hydrogens (tertiary/aromatic N) is 3. The highest BCUT2D eigenvalue weighted by molar-refractivity contribution is 9.10. The zero-order valence-corrected chi connectivity index (χ0v) is 10.5. The van der Waals surface area contributed by atoms with Crippen LogP contribution in [0.3, 0.4) is 0 Å². The summed E-state index contributed by atoms with van der Waals surface area (Å²) in [7, 11) is 3.36. The highest BCUT2D eigenvalue weighted by Crippen LogP contribution is 2.22. The predicted molar refractivity (Wildman–Crippen MR) is 61.2 cm³/mol. The summed E-state index contributed by atoms with van der Waals surface area (Å²) in [4.78, 5) is 10.1. The molecule has 1 rings (SSSR count). The van der Waals surface area contributed by atoms with Gasteiger partial charge >= 0.3 is 0 Å². The van der Waals surface area contributed by atoms with Gasteiger partial charge in [0.1, 0.15) is 0 Å². The number of anilines is 1. The van der Waals surface area contributed by atoms with Crippen molar-refractivity contribution < 1.29 is 9.84 Å². The average Bonchev–Trinajstić information content (AvgIpc) is 2.17. The molecule has 0 aliphatic rings. The number of rotatable bonds is 4. The Hall–Kier alpha value is -0.880. The molecule has 84 valence electrons. The van der Waals surface area contributed by atoms with Crippen molar-refractivity contribution in [3.05, 3.63) is 10.7 Å². The molecule has 0 radical (unpaired) electrons. The van der Waals surface area contributed by atoms with Crippen LogP contribution in [0.15, 0.2) is 10.7 Å². The minimum absolute atomic E-state index is 0.423. The summed E-state index contributed by atoms with van der Waals surface area (Å²) in [5.74, 6) is 1.01. The van der Waals surface area contributed by atoms with E-state index in [1.165, 1.54) is 0 Å². The standard InChI is InChI=1S/C9H14BrN3O2/c1-6(14)5-13(2)9-11-4-7(10)8(12-9)15-3/h4,6,14H,5H2,1-3H3. The predicted octanol–water partition coefficient (Wildman–Crippen LogP) is 1.06. The Kier molecular flexibility index (Phi) is 4.28. The van der Waals surface area contributed by atoms with Crippen molar-refractivity contribution in [1.82, 2.24) is 9.97 Å². The highest BCUT2D eigenvalue weighted by atomic mass is 79.9. The lowest BCUT2D eigenvalue weighted by molar-refractivity contribution is 0.201. The summed E-state index contributed by atoms with van der Waals surface area (Å²) in [5.41, 5.74) is 0. The van der Waals surface area contributed by atoms with E-state index in [9.17, 15) is 5.11 Å². The molecule has 0 bridgehead atoms. The van der Waals surface area contributed by atoms with Crippen LogP contribution in [0.25, 0.3) is 0 Å². The van der Waals surface area contributed by atoms with Crippen molar-refractivity contribution in [2.45, 2.75) is 13.0 Å². The number of aromatic nitrogens is 2. The second-order valence-electron chi connectivity index (χ2n) is 3.26. The minimum Gasteiger partial charge on any atom is -0.480 e. The molecule has 5 nitrogen and oxygen atoms in total. The quantitative estimate of drug-likeness (QED) is 0.891. The first-order chi connectivity index (χ1) is 7.04. The highest BCUT2D eigenvalue weighted by Gasteiger charge is 2.10. The van der Waals surface area contributed by atoms with Gasteiger partial charge in [-0.2, -0.15) is 4.98 Å². The summed E-state index contributed by atoms with van der Waals surface area (Å²) < 4.78 is 5.76. The second-order valence-corrected chi connectivity index (χ2v) is 4.11. The fourth-order valence-corrected chi connectivity index (χ4v) is 1.50. The van der Waals surface area contributed by atoms with E-state index in [0.717, 1.165) is 0 Å². The van der Waals surface area contributed by atoms with Gasteiger partial charge < -0.3 is 14.7 Å². The molecule has 0 amide bonds. The average molecular weight is 276 g/mol. The number of aliphatic hydroxyl groups excluding tert-OH is 1. The Morgan fingerprint density at radius 1 is 1.67 bits per heavy atom. The third-order valence-corrected chi connectivity index (χ3v) is 2.32. The van der Waals surface area contributed by atoms with Crippen LogP contribution in [0.1, 0.15) is 6.92 Å². The number of aliphatic hydroxyl groups is 1. The third-order valence-electron chi connectivity index (χ3n) is 1.77. The molecule has 0 aromatic carbocycles. The van der Waals surface area contributed by atoms with Gasteiger partial charge in [0, 0.05) is 13.6 Å². The fourth-order valence-electron chi connectivity index (χ4n) is 1.15.